The molecule has 0 bridgehead atoms. The molecule has 2 aliphatic heterocycles. The van der Waals surface area contributed by atoms with Crippen LogP contribution in [0, 0.1) is 23.7 Å². The van der Waals surface area contributed by atoms with E-state index >= 15 is 0 Å². The third-order valence-electron chi connectivity index (χ3n) is 5.59. The van der Waals surface area contributed by atoms with E-state index in [1.54, 1.807) is 0 Å². The van der Waals surface area contributed by atoms with Crippen molar-refractivity contribution < 1.29 is 17.9 Å². The first-order chi connectivity index (χ1) is 11.4. The Morgan fingerprint density at radius 3 is 1.24 bits per heavy atom. The molecule has 25 heavy (non-hydrogen) atoms. The van der Waals surface area contributed by atoms with E-state index in [1.807, 2.05) is 0 Å². The number of hydrogen-bond donors (Lipinski definition) is 0. The topological polar surface area (TPSA) is 0 Å². The molecule has 0 aromatic carbocycles. The Hall–Kier alpha value is 1.28. The summed E-state index contributed by atoms with van der Waals surface area (Å²) in [5.41, 5.74) is 0. The molecule has 0 fully saturated rings. The van der Waals surface area contributed by atoms with Crippen molar-refractivity contribution in [1.29, 1.82) is 0 Å². The SMILES string of the molecule is CC(C)C1=P[C](C(C)C)([Zr]([Cl])([Cl])[C]2(C(C)C)C=CC(C(C)C)=P2)C=C1. The van der Waals surface area contributed by atoms with Gasteiger partial charge >= 0.3 is 171 Å². The van der Waals surface area contributed by atoms with Gasteiger partial charge in [0.1, 0.15) is 0 Å². The van der Waals surface area contributed by atoms with Crippen LogP contribution < -0.4 is 0 Å². The van der Waals surface area contributed by atoms with Gasteiger partial charge in [-0.1, -0.05) is 0 Å². The quantitative estimate of drug-likeness (QED) is 0.329. The maximum atomic E-state index is 7.62. The minimum atomic E-state index is -3.69. The second-order valence-electron chi connectivity index (χ2n) is 8.58. The first-order valence-corrected chi connectivity index (χ1v) is 19.9. The number of rotatable bonds is 6. The fourth-order valence-corrected chi connectivity index (χ4v) is 29.4. The van der Waals surface area contributed by atoms with Crippen LogP contribution in [-0.2, 0) is 17.9 Å². The molecule has 0 aliphatic carbocycles. The summed E-state index contributed by atoms with van der Waals surface area (Å²) in [5.74, 6) is 2.02. The zero-order valence-electron chi connectivity index (χ0n) is 16.8. The van der Waals surface area contributed by atoms with Gasteiger partial charge in [-0.15, -0.1) is 0 Å². The number of allylic oxidation sites excluding steroid dienone is 4. The first-order valence-electron chi connectivity index (χ1n) is 9.37. The van der Waals surface area contributed by atoms with E-state index in [2.05, 4.69) is 79.7 Å². The Labute approximate surface area is 169 Å². The van der Waals surface area contributed by atoms with Crippen LogP contribution in [0.5, 0.6) is 0 Å². The van der Waals surface area contributed by atoms with Crippen molar-refractivity contribution in [2.75, 3.05) is 0 Å². The van der Waals surface area contributed by atoms with Crippen molar-refractivity contribution in [3.05, 3.63) is 24.3 Å². The third-order valence-corrected chi connectivity index (χ3v) is 34.3. The molecule has 0 spiro atoms. The number of hydrogen-bond acceptors (Lipinski definition) is 0. The molecule has 0 aromatic rings. The molecule has 140 valence electrons. The Kier molecular flexibility index (Phi) is 7.18. The van der Waals surface area contributed by atoms with Gasteiger partial charge < -0.3 is 0 Å². The van der Waals surface area contributed by atoms with Crippen molar-refractivity contribution in [3.63, 3.8) is 0 Å². The fourth-order valence-electron chi connectivity index (χ4n) is 3.68. The van der Waals surface area contributed by atoms with E-state index in [9.17, 15) is 0 Å². The molecule has 5 heteroatoms. The zero-order valence-corrected chi connectivity index (χ0v) is 22.5. The summed E-state index contributed by atoms with van der Waals surface area (Å²) in [6.45, 7) is 18.4. The van der Waals surface area contributed by atoms with Crippen LogP contribution in [-0.4, -0.2) is 16.3 Å². The summed E-state index contributed by atoms with van der Waals surface area (Å²) in [4.78, 5) is 0. The van der Waals surface area contributed by atoms with Crippen LogP contribution in [0.3, 0.4) is 0 Å². The molecule has 2 unspecified atom stereocenters. The minimum absolute atomic E-state index is 0.0502. The molecule has 0 saturated carbocycles. The van der Waals surface area contributed by atoms with E-state index < -0.39 is 17.9 Å². The average molecular weight is 497 g/mol. The van der Waals surface area contributed by atoms with Gasteiger partial charge in [-0.3, -0.25) is 0 Å². The summed E-state index contributed by atoms with van der Waals surface area (Å²) >= 11 is -3.69. The summed E-state index contributed by atoms with van der Waals surface area (Å²) in [6, 6.07) is 0. The van der Waals surface area contributed by atoms with E-state index in [0.29, 0.717) is 23.7 Å². The predicted octanol–water partition coefficient (Wildman–Crippen LogP) is 7.84. The van der Waals surface area contributed by atoms with Crippen LogP contribution in [0.2, 0.25) is 0 Å². The molecule has 0 N–H and O–H groups in total. The van der Waals surface area contributed by atoms with Gasteiger partial charge in [-0.2, -0.15) is 0 Å². The van der Waals surface area contributed by atoms with Gasteiger partial charge in [0.25, 0.3) is 0 Å². The first kappa shape index (κ1) is 22.6. The van der Waals surface area contributed by atoms with Gasteiger partial charge in [-0.25, -0.2) is 0 Å². The van der Waals surface area contributed by atoms with Crippen molar-refractivity contribution >= 4 is 44.0 Å². The van der Waals surface area contributed by atoms with Crippen LogP contribution in [0.4, 0.5) is 0 Å². The van der Waals surface area contributed by atoms with E-state index in [1.165, 1.54) is 27.0 Å². The van der Waals surface area contributed by atoms with Crippen molar-refractivity contribution in [3.8, 4) is 0 Å². The third kappa shape index (κ3) is 3.65. The summed E-state index contributed by atoms with van der Waals surface area (Å²) in [7, 11) is 18.0. The van der Waals surface area contributed by atoms with Gasteiger partial charge in [0.15, 0.2) is 0 Å². The summed E-state index contributed by atoms with van der Waals surface area (Å²) < 4.78 is -0.100. The van der Waals surface area contributed by atoms with Crippen LogP contribution in [0.25, 0.3) is 0 Å². The van der Waals surface area contributed by atoms with Gasteiger partial charge in [0.2, 0.25) is 0 Å². The van der Waals surface area contributed by atoms with Crippen LogP contribution in [0.15, 0.2) is 24.3 Å². The van der Waals surface area contributed by atoms with E-state index in [-0.39, 0.29) is 5.73 Å². The number of halogens is 2. The molecule has 0 aromatic heterocycles. The molecule has 2 rings (SSSR count). The van der Waals surface area contributed by atoms with Crippen LogP contribution in [0.1, 0.15) is 55.4 Å². The molecule has 0 radical (unpaired) electrons. The van der Waals surface area contributed by atoms with Gasteiger partial charge in [-0.05, 0) is 0 Å². The molecular formula is C20H32Cl2P2Zr. The second-order valence-corrected chi connectivity index (χ2v) is 28.4. The van der Waals surface area contributed by atoms with E-state index in [4.69, 9.17) is 17.0 Å². The standard InChI is InChI=1S/2C10H16P.2ClH.Zr/c2*1-7(2)9-5-6-10(11-9)8(3)4;;;/h2*5-8H,1-4H3;2*1H;/q;;;;+2/p-2. The van der Waals surface area contributed by atoms with Crippen molar-refractivity contribution in [1.82, 2.24) is 0 Å². The predicted molar refractivity (Wildman–Crippen MR) is 119 cm³/mol. The molecule has 0 nitrogen and oxygen atoms in total. The molecule has 2 heterocycles. The molecule has 2 atom stereocenters. The average Bonchev–Trinajstić information content (AvgIpc) is 3.14. The summed E-state index contributed by atoms with van der Waals surface area (Å²) in [5, 5.41) is 2.98. The fraction of sp³-hybridized carbons (Fsp3) is 0.700. The van der Waals surface area contributed by atoms with Gasteiger partial charge in [0, 0.05) is 0 Å². The molecule has 2 aliphatic rings. The summed E-state index contributed by atoms with van der Waals surface area (Å²) in [6.07, 6.45) is 9.48. The Bertz CT molecular complexity index is 590. The second kappa shape index (κ2) is 7.96. The Morgan fingerprint density at radius 1 is 0.720 bits per heavy atom. The van der Waals surface area contributed by atoms with Crippen LogP contribution >= 0.6 is 33.4 Å². The monoisotopic (exact) mass is 494 g/mol. The normalized spacial score (nSPS) is 30.8. The molecule has 0 amide bonds. The Balaban J connectivity index is 2.66. The zero-order chi connectivity index (χ0) is 19.2. The molecule has 0 saturated heterocycles. The van der Waals surface area contributed by atoms with E-state index in [0.717, 1.165) is 0 Å². The maximum absolute atomic E-state index is 7.62. The molecular weight excluding hydrogens is 464 g/mol. The van der Waals surface area contributed by atoms with Crippen molar-refractivity contribution in [2.45, 2.75) is 61.1 Å². The van der Waals surface area contributed by atoms with Crippen molar-refractivity contribution in [2.24, 2.45) is 23.7 Å². The Morgan fingerprint density at radius 2 is 1.04 bits per heavy atom. The van der Waals surface area contributed by atoms with Gasteiger partial charge in [0.05, 0.1) is 0 Å².